The Bertz CT molecular complexity index is 378. The third-order valence-corrected chi connectivity index (χ3v) is 3.44. The molecule has 0 aliphatic carbocycles. The van der Waals surface area contributed by atoms with Crippen LogP contribution in [0.25, 0.3) is 0 Å². The lowest BCUT2D eigenvalue weighted by atomic mass is 9.97. The van der Waals surface area contributed by atoms with Crippen LogP contribution >= 0.6 is 0 Å². The summed E-state index contributed by atoms with van der Waals surface area (Å²) in [5, 5.41) is 1.65. The second-order valence-electron chi connectivity index (χ2n) is 5.11. The van der Waals surface area contributed by atoms with E-state index in [0.29, 0.717) is 0 Å². The molecule has 1 aromatic rings. The molecule has 1 heterocycles. The quantitative estimate of drug-likeness (QED) is 0.848. The summed E-state index contributed by atoms with van der Waals surface area (Å²) in [7, 11) is 0. The number of piperidine rings is 1. The van der Waals surface area contributed by atoms with Gasteiger partial charge in [0.05, 0.1) is 0 Å². The molecule has 1 aliphatic rings. The second kappa shape index (κ2) is 6.39. The highest BCUT2D eigenvalue weighted by molar-refractivity contribution is 5.14. The molecular formula is C14H19F3N2. The lowest BCUT2D eigenvalue weighted by molar-refractivity contribution is -0.159. The van der Waals surface area contributed by atoms with Crippen molar-refractivity contribution in [1.82, 2.24) is 10.2 Å². The molecule has 1 unspecified atom stereocenters. The van der Waals surface area contributed by atoms with E-state index in [1.807, 2.05) is 18.2 Å². The van der Waals surface area contributed by atoms with Gasteiger partial charge in [-0.2, -0.15) is 13.2 Å². The Labute approximate surface area is 111 Å². The van der Waals surface area contributed by atoms with E-state index >= 15 is 0 Å². The second-order valence-corrected chi connectivity index (χ2v) is 5.11. The van der Waals surface area contributed by atoms with E-state index in [0.717, 1.165) is 32.5 Å². The van der Waals surface area contributed by atoms with Crippen molar-refractivity contribution >= 4 is 0 Å². The Balaban J connectivity index is 1.80. The zero-order valence-electron chi connectivity index (χ0n) is 10.8. The summed E-state index contributed by atoms with van der Waals surface area (Å²) in [6.45, 7) is 2.55. The van der Waals surface area contributed by atoms with Gasteiger partial charge in [0.15, 0.2) is 0 Å². The molecule has 0 aromatic heterocycles. The van der Waals surface area contributed by atoms with Gasteiger partial charge in [-0.05, 0) is 30.9 Å². The van der Waals surface area contributed by atoms with Crippen molar-refractivity contribution in [2.45, 2.75) is 25.7 Å². The monoisotopic (exact) mass is 272 g/mol. The number of alkyl halides is 3. The lowest BCUT2D eigenvalue weighted by Crippen LogP contribution is -2.42. The molecule has 1 saturated heterocycles. The van der Waals surface area contributed by atoms with Gasteiger partial charge in [-0.1, -0.05) is 30.3 Å². The summed E-state index contributed by atoms with van der Waals surface area (Å²) >= 11 is 0. The van der Waals surface area contributed by atoms with Crippen LogP contribution in [0.5, 0.6) is 0 Å². The molecule has 1 fully saturated rings. The van der Waals surface area contributed by atoms with Crippen molar-refractivity contribution in [3.05, 3.63) is 35.9 Å². The van der Waals surface area contributed by atoms with E-state index in [1.165, 1.54) is 5.56 Å². The predicted molar refractivity (Wildman–Crippen MR) is 68.5 cm³/mol. The number of nitrogens with zero attached hydrogens (tertiary/aromatic N) is 1. The molecule has 5 heteroatoms. The van der Waals surface area contributed by atoms with Crippen molar-refractivity contribution in [2.75, 3.05) is 19.6 Å². The predicted octanol–water partition coefficient (Wildman–Crippen LogP) is 3.01. The van der Waals surface area contributed by atoms with Crippen molar-refractivity contribution in [3.63, 3.8) is 0 Å². The summed E-state index contributed by atoms with van der Waals surface area (Å²) < 4.78 is 36.4. The van der Waals surface area contributed by atoms with Gasteiger partial charge in [-0.15, -0.1) is 0 Å². The van der Waals surface area contributed by atoms with Gasteiger partial charge in [-0.25, -0.2) is 5.32 Å². The molecule has 1 N–H and O–H groups in total. The maximum absolute atomic E-state index is 12.1. The third kappa shape index (κ3) is 5.20. The van der Waals surface area contributed by atoms with Crippen molar-refractivity contribution < 1.29 is 13.2 Å². The number of likely N-dealkylation sites (tertiary alicyclic amines) is 1. The number of nitrogens with one attached hydrogen (secondary N) is 1. The minimum atomic E-state index is -4.26. The Hall–Kier alpha value is -1.07. The first kappa shape index (κ1) is 14.3. The zero-order chi connectivity index (χ0) is 13.7. The average molecular weight is 272 g/mol. The van der Waals surface area contributed by atoms with Crippen LogP contribution in [0.15, 0.2) is 30.3 Å². The molecule has 106 valence electrons. The molecule has 1 atom stereocenters. The van der Waals surface area contributed by atoms with E-state index in [9.17, 15) is 13.2 Å². The van der Waals surface area contributed by atoms with Crippen molar-refractivity contribution in [1.29, 1.82) is 0 Å². The normalized spacial score (nSPS) is 21.5. The number of benzene rings is 1. The molecule has 0 radical (unpaired) electrons. The fourth-order valence-electron chi connectivity index (χ4n) is 2.56. The molecule has 1 aromatic carbocycles. The van der Waals surface area contributed by atoms with Crippen molar-refractivity contribution in [3.8, 4) is 0 Å². The van der Waals surface area contributed by atoms with E-state index in [1.54, 1.807) is 5.32 Å². The Kier molecular flexibility index (Phi) is 4.82. The summed E-state index contributed by atoms with van der Waals surface area (Å²) in [6, 6.07) is 10.1. The summed E-state index contributed by atoms with van der Waals surface area (Å²) in [6.07, 6.45) is -2.42. The number of hydrogen-bond donors (Lipinski definition) is 1. The summed E-state index contributed by atoms with van der Waals surface area (Å²) in [4.78, 5) is 2.24. The molecule has 2 rings (SSSR count). The Morgan fingerprint density at radius 3 is 2.63 bits per heavy atom. The van der Waals surface area contributed by atoms with Gasteiger partial charge in [0.25, 0.3) is 0 Å². The van der Waals surface area contributed by atoms with Gasteiger partial charge in [0, 0.05) is 19.6 Å². The lowest BCUT2D eigenvalue weighted by Gasteiger charge is -2.33. The molecule has 2 nitrogen and oxygen atoms in total. The third-order valence-electron chi connectivity index (χ3n) is 3.44. The van der Waals surface area contributed by atoms with Gasteiger partial charge in [0.2, 0.25) is 0 Å². The standard InChI is InChI=1S/C14H19F3N2/c15-14(16,17)18-9-13-7-4-8-19(11-13)10-12-5-2-1-3-6-12/h1-3,5-6,13,18H,4,7-11H2. The maximum atomic E-state index is 12.1. The maximum Gasteiger partial charge on any atom is 0.457 e. The van der Waals surface area contributed by atoms with Gasteiger partial charge in [0.1, 0.15) is 0 Å². The molecular weight excluding hydrogens is 253 g/mol. The minimum Gasteiger partial charge on any atom is -0.299 e. The summed E-state index contributed by atoms with van der Waals surface area (Å²) in [5.74, 6) is 0.0825. The van der Waals surface area contributed by atoms with Crippen LogP contribution in [0.1, 0.15) is 18.4 Å². The first-order chi connectivity index (χ1) is 9.03. The van der Waals surface area contributed by atoms with Crippen LogP contribution in [-0.2, 0) is 6.54 Å². The Morgan fingerprint density at radius 2 is 1.95 bits per heavy atom. The molecule has 0 saturated carbocycles. The highest BCUT2D eigenvalue weighted by atomic mass is 19.4. The number of rotatable bonds is 4. The van der Waals surface area contributed by atoms with E-state index in [2.05, 4.69) is 17.0 Å². The topological polar surface area (TPSA) is 15.3 Å². The fraction of sp³-hybridized carbons (Fsp3) is 0.571. The first-order valence-electron chi connectivity index (χ1n) is 6.61. The largest absolute Gasteiger partial charge is 0.457 e. The SMILES string of the molecule is FC(F)(F)NCC1CCCN(Cc2ccccc2)C1. The highest BCUT2D eigenvalue weighted by Gasteiger charge is 2.29. The smallest absolute Gasteiger partial charge is 0.299 e. The summed E-state index contributed by atoms with van der Waals surface area (Å²) in [5.41, 5.74) is 1.21. The van der Waals surface area contributed by atoms with Crippen LogP contribution in [-0.4, -0.2) is 30.8 Å². The van der Waals surface area contributed by atoms with Crippen LogP contribution in [0.3, 0.4) is 0 Å². The fourth-order valence-corrected chi connectivity index (χ4v) is 2.56. The molecule has 19 heavy (non-hydrogen) atoms. The average Bonchev–Trinajstić information content (AvgIpc) is 2.37. The minimum absolute atomic E-state index is 0.0226. The van der Waals surface area contributed by atoms with Gasteiger partial charge in [-0.3, -0.25) is 4.90 Å². The highest BCUT2D eigenvalue weighted by Crippen LogP contribution is 2.19. The zero-order valence-corrected chi connectivity index (χ0v) is 10.8. The Morgan fingerprint density at radius 1 is 1.21 bits per heavy atom. The van der Waals surface area contributed by atoms with Gasteiger partial charge < -0.3 is 0 Å². The van der Waals surface area contributed by atoms with Crippen LogP contribution in [0, 0.1) is 5.92 Å². The molecule has 0 bridgehead atoms. The van der Waals surface area contributed by atoms with E-state index < -0.39 is 6.30 Å². The molecule has 0 amide bonds. The van der Waals surface area contributed by atoms with Crippen LogP contribution in [0.4, 0.5) is 13.2 Å². The first-order valence-corrected chi connectivity index (χ1v) is 6.61. The molecule has 0 spiro atoms. The van der Waals surface area contributed by atoms with Gasteiger partial charge >= 0.3 is 6.30 Å². The van der Waals surface area contributed by atoms with Crippen molar-refractivity contribution in [2.24, 2.45) is 5.92 Å². The number of halogens is 3. The number of hydrogen-bond acceptors (Lipinski definition) is 2. The van der Waals surface area contributed by atoms with E-state index in [4.69, 9.17) is 0 Å². The molecule has 1 aliphatic heterocycles. The van der Waals surface area contributed by atoms with Crippen LogP contribution < -0.4 is 5.32 Å². The van der Waals surface area contributed by atoms with E-state index in [-0.39, 0.29) is 12.5 Å². The van der Waals surface area contributed by atoms with Crippen LogP contribution in [0.2, 0.25) is 0 Å².